The van der Waals surface area contributed by atoms with Crippen molar-refractivity contribution in [3.8, 4) is 0 Å². The Bertz CT molecular complexity index is 445. The van der Waals surface area contributed by atoms with Crippen LogP contribution in [0.15, 0.2) is 18.2 Å². The summed E-state index contributed by atoms with van der Waals surface area (Å²) in [7, 11) is 0. The van der Waals surface area contributed by atoms with Crippen LogP contribution in [0.2, 0.25) is 0 Å². The molecule has 0 bridgehead atoms. The molecule has 0 saturated heterocycles. The number of benzene rings is 1. The third-order valence-electron chi connectivity index (χ3n) is 2.26. The highest BCUT2D eigenvalue weighted by Gasteiger charge is 2.34. The van der Waals surface area contributed by atoms with E-state index < -0.39 is 23.5 Å². The molecule has 0 spiro atoms. The van der Waals surface area contributed by atoms with Gasteiger partial charge in [0.25, 0.3) is 5.91 Å². The van der Waals surface area contributed by atoms with E-state index in [0.29, 0.717) is 12.1 Å². The van der Waals surface area contributed by atoms with E-state index in [4.69, 9.17) is 5.73 Å². The molecule has 3 N–H and O–H groups in total. The van der Waals surface area contributed by atoms with Gasteiger partial charge in [0.1, 0.15) is 5.82 Å². The summed E-state index contributed by atoms with van der Waals surface area (Å²) < 4.78 is 50.3. The van der Waals surface area contributed by atoms with E-state index in [1.165, 1.54) is 0 Å². The maximum Gasteiger partial charge on any atom is 0.419 e. The van der Waals surface area contributed by atoms with Crippen molar-refractivity contribution in [3.63, 3.8) is 0 Å². The standard InChI is InChI=1S/C11H12F4N2O/c1-6(5-16)17-10(18)7-2-3-9(12)8(4-7)11(13,14)15/h2-4,6H,5,16H2,1H3,(H,17,18). The van der Waals surface area contributed by atoms with Gasteiger partial charge in [0.05, 0.1) is 5.56 Å². The van der Waals surface area contributed by atoms with Crippen LogP contribution >= 0.6 is 0 Å². The first kappa shape index (κ1) is 14.4. The zero-order valence-corrected chi connectivity index (χ0v) is 9.51. The highest BCUT2D eigenvalue weighted by Crippen LogP contribution is 2.31. The van der Waals surface area contributed by atoms with Crippen LogP contribution in [0.25, 0.3) is 0 Å². The number of hydrogen-bond donors (Lipinski definition) is 2. The summed E-state index contributed by atoms with van der Waals surface area (Å²) in [5, 5.41) is 2.39. The van der Waals surface area contributed by atoms with Crippen LogP contribution in [0.1, 0.15) is 22.8 Å². The maximum atomic E-state index is 13.0. The lowest BCUT2D eigenvalue weighted by Crippen LogP contribution is -2.37. The number of carbonyl (C=O) groups excluding carboxylic acids is 1. The lowest BCUT2D eigenvalue weighted by atomic mass is 10.1. The minimum Gasteiger partial charge on any atom is -0.348 e. The second-order valence-corrected chi connectivity index (χ2v) is 3.80. The molecule has 1 amide bonds. The first-order chi connectivity index (χ1) is 8.25. The molecule has 0 fully saturated rings. The predicted molar refractivity (Wildman–Crippen MR) is 57.4 cm³/mol. The molecule has 1 aromatic rings. The van der Waals surface area contributed by atoms with Crippen LogP contribution in [-0.4, -0.2) is 18.5 Å². The Kier molecular flexibility index (Phi) is 4.28. The van der Waals surface area contributed by atoms with Crippen molar-refractivity contribution < 1.29 is 22.4 Å². The molecule has 1 aromatic carbocycles. The second-order valence-electron chi connectivity index (χ2n) is 3.80. The quantitative estimate of drug-likeness (QED) is 0.819. The van der Waals surface area contributed by atoms with Crippen LogP contribution in [-0.2, 0) is 6.18 Å². The molecular weight excluding hydrogens is 252 g/mol. The van der Waals surface area contributed by atoms with E-state index >= 15 is 0 Å². The first-order valence-corrected chi connectivity index (χ1v) is 5.13. The topological polar surface area (TPSA) is 55.1 Å². The van der Waals surface area contributed by atoms with Gasteiger partial charge in [0.15, 0.2) is 0 Å². The highest BCUT2D eigenvalue weighted by molar-refractivity contribution is 5.94. The molecule has 0 saturated carbocycles. The van der Waals surface area contributed by atoms with Crippen molar-refractivity contribution >= 4 is 5.91 Å². The van der Waals surface area contributed by atoms with E-state index in [9.17, 15) is 22.4 Å². The van der Waals surface area contributed by atoms with Gasteiger partial charge in [0.2, 0.25) is 0 Å². The van der Waals surface area contributed by atoms with Crippen LogP contribution in [0, 0.1) is 5.82 Å². The highest BCUT2D eigenvalue weighted by atomic mass is 19.4. The molecule has 0 radical (unpaired) electrons. The fourth-order valence-electron chi connectivity index (χ4n) is 1.25. The molecule has 7 heteroatoms. The van der Waals surface area contributed by atoms with Crippen LogP contribution in [0.5, 0.6) is 0 Å². The van der Waals surface area contributed by atoms with Crippen LogP contribution in [0.3, 0.4) is 0 Å². The normalized spacial score (nSPS) is 13.2. The molecule has 100 valence electrons. The summed E-state index contributed by atoms with van der Waals surface area (Å²) in [5.74, 6) is -2.13. The predicted octanol–water partition coefficient (Wildman–Crippen LogP) is 1.92. The monoisotopic (exact) mass is 264 g/mol. The van der Waals surface area contributed by atoms with Crippen molar-refractivity contribution in [3.05, 3.63) is 35.1 Å². The zero-order valence-electron chi connectivity index (χ0n) is 9.51. The molecule has 0 aliphatic heterocycles. The summed E-state index contributed by atoms with van der Waals surface area (Å²) in [5.41, 5.74) is 3.54. The van der Waals surface area contributed by atoms with Gasteiger partial charge in [-0.2, -0.15) is 13.2 Å². The SMILES string of the molecule is CC(CN)NC(=O)c1ccc(F)c(C(F)(F)F)c1. The minimum absolute atomic E-state index is 0.152. The van der Waals surface area contributed by atoms with Crippen molar-refractivity contribution in [2.75, 3.05) is 6.54 Å². The van der Waals surface area contributed by atoms with Gasteiger partial charge < -0.3 is 11.1 Å². The van der Waals surface area contributed by atoms with Gasteiger partial charge in [0, 0.05) is 18.2 Å². The van der Waals surface area contributed by atoms with E-state index in [1.807, 2.05) is 0 Å². The van der Waals surface area contributed by atoms with Gasteiger partial charge in [-0.15, -0.1) is 0 Å². The molecule has 3 nitrogen and oxygen atoms in total. The summed E-state index contributed by atoms with van der Waals surface area (Å²) >= 11 is 0. The third kappa shape index (κ3) is 3.43. The summed E-state index contributed by atoms with van der Waals surface area (Å²) in [6.45, 7) is 1.76. The zero-order chi connectivity index (χ0) is 13.9. The smallest absolute Gasteiger partial charge is 0.348 e. The Morgan fingerprint density at radius 2 is 2.06 bits per heavy atom. The largest absolute Gasteiger partial charge is 0.419 e. The first-order valence-electron chi connectivity index (χ1n) is 5.13. The molecule has 1 rings (SSSR count). The average molecular weight is 264 g/mol. The van der Waals surface area contributed by atoms with Crippen molar-refractivity contribution in [2.24, 2.45) is 5.73 Å². The van der Waals surface area contributed by atoms with E-state index in [2.05, 4.69) is 5.32 Å². The fraction of sp³-hybridized carbons (Fsp3) is 0.364. The van der Waals surface area contributed by atoms with Crippen LogP contribution < -0.4 is 11.1 Å². The number of amides is 1. The summed E-state index contributed by atoms with van der Waals surface area (Å²) in [6, 6.07) is 1.71. The Balaban J connectivity index is 3.02. The lowest BCUT2D eigenvalue weighted by Gasteiger charge is -2.13. The Hall–Kier alpha value is -1.63. The molecule has 1 unspecified atom stereocenters. The number of nitrogens with two attached hydrogens (primary N) is 1. The number of alkyl halides is 3. The fourth-order valence-corrected chi connectivity index (χ4v) is 1.25. The molecule has 0 aliphatic rings. The Morgan fingerprint density at radius 1 is 1.44 bits per heavy atom. The number of rotatable bonds is 3. The van der Waals surface area contributed by atoms with Gasteiger partial charge in [-0.25, -0.2) is 4.39 Å². The Labute approximate surface area is 101 Å². The summed E-state index contributed by atoms with van der Waals surface area (Å²) in [6.07, 6.45) is -4.83. The average Bonchev–Trinajstić information content (AvgIpc) is 2.27. The number of halogens is 4. The van der Waals surface area contributed by atoms with Crippen molar-refractivity contribution in [1.29, 1.82) is 0 Å². The molecule has 1 atom stereocenters. The van der Waals surface area contributed by atoms with E-state index in [-0.39, 0.29) is 18.2 Å². The number of hydrogen-bond acceptors (Lipinski definition) is 2. The van der Waals surface area contributed by atoms with Crippen molar-refractivity contribution in [2.45, 2.75) is 19.1 Å². The molecule has 18 heavy (non-hydrogen) atoms. The van der Waals surface area contributed by atoms with E-state index in [1.54, 1.807) is 6.92 Å². The van der Waals surface area contributed by atoms with Crippen LogP contribution in [0.4, 0.5) is 17.6 Å². The third-order valence-corrected chi connectivity index (χ3v) is 2.26. The summed E-state index contributed by atoms with van der Waals surface area (Å²) in [4.78, 5) is 11.5. The molecular formula is C11H12F4N2O. The van der Waals surface area contributed by atoms with Crippen molar-refractivity contribution in [1.82, 2.24) is 5.32 Å². The van der Waals surface area contributed by atoms with Gasteiger partial charge in [-0.05, 0) is 25.1 Å². The van der Waals surface area contributed by atoms with E-state index in [0.717, 1.165) is 6.07 Å². The molecule has 0 heterocycles. The lowest BCUT2D eigenvalue weighted by molar-refractivity contribution is -0.140. The number of nitrogens with one attached hydrogen (secondary N) is 1. The Morgan fingerprint density at radius 3 is 2.56 bits per heavy atom. The van der Waals surface area contributed by atoms with Gasteiger partial charge >= 0.3 is 6.18 Å². The second kappa shape index (κ2) is 5.34. The van der Waals surface area contributed by atoms with Gasteiger partial charge in [-0.3, -0.25) is 4.79 Å². The maximum absolute atomic E-state index is 13.0. The van der Waals surface area contributed by atoms with Gasteiger partial charge in [-0.1, -0.05) is 0 Å². The minimum atomic E-state index is -4.83. The number of carbonyl (C=O) groups is 1. The molecule has 0 aliphatic carbocycles. The molecule has 0 aromatic heterocycles.